The van der Waals surface area contributed by atoms with Crippen LogP contribution in [0.25, 0.3) is 11.1 Å². The predicted molar refractivity (Wildman–Crippen MR) is 101 cm³/mol. The van der Waals surface area contributed by atoms with Gasteiger partial charge in [0.15, 0.2) is 0 Å². The van der Waals surface area contributed by atoms with Crippen molar-refractivity contribution in [2.75, 3.05) is 11.9 Å². The highest BCUT2D eigenvalue weighted by Gasteiger charge is 2.24. The molecule has 3 heteroatoms. The van der Waals surface area contributed by atoms with Gasteiger partial charge < -0.3 is 10.4 Å². The fourth-order valence-electron chi connectivity index (χ4n) is 4.38. The molecule has 25 heavy (non-hydrogen) atoms. The van der Waals surface area contributed by atoms with Crippen LogP contribution in [0.1, 0.15) is 49.1 Å². The summed E-state index contributed by atoms with van der Waals surface area (Å²) in [4.78, 5) is 10.9. The lowest BCUT2D eigenvalue weighted by Gasteiger charge is -2.28. The molecule has 2 N–H and O–H groups in total. The Morgan fingerprint density at radius 2 is 1.72 bits per heavy atom. The average molecular weight is 335 g/mol. The Kier molecular flexibility index (Phi) is 4.48. The highest BCUT2D eigenvalue weighted by Crippen LogP contribution is 2.38. The van der Waals surface area contributed by atoms with Crippen LogP contribution in [0, 0.1) is 5.92 Å². The number of carboxylic acid groups (broad SMARTS) is 1. The third kappa shape index (κ3) is 3.55. The molecule has 4 rings (SSSR count). The lowest BCUT2D eigenvalue weighted by molar-refractivity contribution is -0.138. The minimum Gasteiger partial charge on any atom is -0.481 e. The van der Waals surface area contributed by atoms with E-state index >= 15 is 0 Å². The van der Waals surface area contributed by atoms with E-state index in [-0.39, 0.29) is 0 Å². The summed E-state index contributed by atoms with van der Waals surface area (Å²) >= 11 is 0. The zero-order chi connectivity index (χ0) is 17.2. The first kappa shape index (κ1) is 16.2. The molecule has 1 aliphatic heterocycles. The first-order valence-corrected chi connectivity index (χ1v) is 9.38. The molecule has 0 aromatic heterocycles. The lowest BCUT2D eigenvalue weighted by Crippen LogP contribution is -2.16. The summed E-state index contributed by atoms with van der Waals surface area (Å²) < 4.78 is 0. The van der Waals surface area contributed by atoms with Gasteiger partial charge in [-0.3, -0.25) is 4.79 Å². The maximum atomic E-state index is 10.9. The van der Waals surface area contributed by atoms with Crippen LogP contribution in [0.3, 0.4) is 0 Å². The molecule has 130 valence electrons. The van der Waals surface area contributed by atoms with E-state index in [0.717, 1.165) is 38.6 Å². The Labute approximate surface area is 149 Å². The van der Waals surface area contributed by atoms with Crippen molar-refractivity contribution in [3.63, 3.8) is 0 Å². The fourth-order valence-corrected chi connectivity index (χ4v) is 4.38. The molecule has 0 amide bonds. The smallest absolute Gasteiger partial charge is 0.303 e. The normalized spacial score (nSPS) is 22.2. The van der Waals surface area contributed by atoms with Gasteiger partial charge in [-0.15, -0.1) is 0 Å². The summed E-state index contributed by atoms with van der Waals surface area (Å²) in [5.74, 6) is 0.300. The van der Waals surface area contributed by atoms with Gasteiger partial charge in [-0.1, -0.05) is 30.3 Å². The van der Waals surface area contributed by atoms with Crippen molar-refractivity contribution in [2.24, 2.45) is 5.92 Å². The third-order valence-corrected chi connectivity index (χ3v) is 5.84. The van der Waals surface area contributed by atoms with Gasteiger partial charge in [0, 0.05) is 18.7 Å². The monoisotopic (exact) mass is 335 g/mol. The second-order valence-electron chi connectivity index (χ2n) is 7.49. The number of hydrogen-bond donors (Lipinski definition) is 2. The molecule has 0 saturated heterocycles. The van der Waals surface area contributed by atoms with Gasteiger partial charge in [-0.25, -0.2) is 0 Å². The van der Waals surface area contributed by atoms with Crippen LogP contribution >= 0.6 is 0 Å². The summed E-state index contributed by atoms with van der Waals surface area (Å²) in [7, 11) is 0. The molecule has 1 heterocycles. The fraction of sp³-hybridized carbons (Fsp3) is 0.409. The van der Waals surface area contributed by atoms with Crippen LogP contribution in [-0.4, -0.2) is 17.6 Å². The summed E-state index contributed by atoms with van der Waals surface area (Å²) in [6, 6.07) is 15.7. The molecule has 1 fully saturated rings. The second-order valence-corrected chi connectivity index (χ2v) is 7.49. The summed E-state index contributed by atoms with van der Waals surface area (Å²) in [5, 5.41) is 12.4. The second kappa shape index (κ2) is 6.91. The molecule has 1 aliphatic carbocycles. The van der Waals surface area contributed by atoms with Crippen LogP contribution in [-0.2, 0) is 11.2 Å². The van der Waals surface area contributed by atoms with Gasteiger partial charge in [0.2, 0.25) is 0 Å². The van der Waals surface area contributed by atoms with E-state index < -0.39 is 5.97 Å². The van der Waals surface area contributed by atoms with Crippen molar-refractivity contribution >= 4 is 11.7 Å². The van der Waals surface area contributed by atoms with Gasteiger partial charge in [0.25, 0.3) is 0 Å². The number of fused-ring (bicyclic) bond motifs is 1. The number of aliphatic carboxylic acids is 1. The molecule has 0 radical (unpaired) electrons. The summed E-state index contributed by atoms with van der Waals surface area (Å²) in [6.07, 6.45) is 5.75. The van der Waals surface area contributed by atoms with Crippen molar-refractivity contribution in [1.29, 1.82) is 0 Å². The van der Waals surface area contributed by atoms with Crippen LogP contribution in [0.5, 0.6) is 0 Å². The van der Waals surface area contributed by atoms with Crippen LogP contribution < -0.4 is 5.32 Å². The Balaban J connectivity index is 1.43. The number of carbonyl (C=O) groups is 1. The predicted octanol–water partition coefficient (Wildman–Crippen LogP) is 5.07. The molecule has 2 aromatic carbocycles. The largest absolute Gasteiger partial charge is 0.481 e. The Hall–Kier alpha value is -2.29. The van der Waals surface area contributed by atoms with Crippen molar-refractivity contribution in [3.8, 4) is 11.1 Å². The third-order valence-electron chi connectivity index (χ3n) is 5.84. The van der Waals surface area contributed by atoms with Crippen molar-refractivity contribution < 1.29 is 9.90 Å². The van der Waals surface area contributed by atoms with Gasteiger partial charge in [-0.05, 0) is 78.3 Å². The number of nitrogens with one attached hydrogen (secondary N) is 1. The van der Waals surface area contributed by atoms with Gasteiger partial charge in [-0.2, -0.15) is 0 Å². The Morgan fingerprint density at radius 1 is 1.00 bits per heavy atom. The number of rotatable bonds is 4. The molecule has 0 bridgehead atoms. The molecule has 2 aromatic rings. The lowest BCUT2D eigenvalue weighted by atomic mass is 9.77. The van der Waals surface area contributed by atoms with Crippen molar-refractivity contribution in [3.05, 3.63) is 53.6 Å². The van der Waals surface area contributed by atoms with Gasteiger partial charge >= 0.3 is 5.97 Å². The zero-order valence-corrected chi connectivity index (χ0v) is 14.5. The van der Waals surface area contributed by atoms with Crippen molar-refractivity contribution in [1.82, 2.24) is 0 Å². The molecule has 0 spiro atoms. The molecule has 3 nitrogen and oxygen atoms in total. The van der Waals surface area contributed by atoms with Crippen LogP contribution in [0.15, 0.2) is 42.5 Å². The Morgan fingerprint density at radius 3 is 2.44 bits per heavy atom. The van der Waals surface area contributed by atoms with E-state index in [2.05, 4.69) is 47.8 Å². The van der Waals surface area contributed by atoms with E-state index in [1.807, 2.05) is 0 Å². The number of benzene rings is 2. The highest BCUT2D eigenvalue weighted by molar-refractivity contribution is 5.70. The maximum Gasteiger partial charge on any atom is 0.303 e. The van der Waals surface area contributed by atoms with E-state index in [1.165, 1.54) is 27.9 Å². The topological polar surface area (TPSA) is 49.3 Å². The molecule has 1 saturated carbocycles. The van der Waals surface area contributed by atoms with Crippen LogP contribution in [0.4, 0.5) is 5.69 Å². The van der Waals surface area contributed by atoms with Gasteiger partial charge in [0.05, 0.1) is 0 Å². The molecule has 0 atom stereocenters. The quantitative estimate of drug-likeness (QED) is 0.820. The SMILES string of the molecule is O=C(O)C[C@H]1CC[C@H](c2ccc(-c3ccc4c(c3)CCN4)cc2)CC1. The van der Waals surface area contributed by atoms with E-state index in [0.29, 0.717) is 18.3 Å². The highest BCUT2D eigenvalue weighted by atomic mass is 16.4. The first-order valence-electron chi connectivity index (χ1n) is 9.38. The van der Waals surface area contributed by atoms with E-state index in [1.54, 1.807) is 0 Å². The standard InChI is InChI=1S/C22H25NO2/c24-22(25)13-15-1-3-16(4-2-15)17-5-7-18(8-6-17)19-9-10-21-20(14-19)11-12-23-21/h5-10,14-16,23H,1-4,11-13H2,(H,24,25)/t15-,16-. The number of hydrogen-bond acceptors (Lipinski definition) is 2. The zero-order valence-electron chi connectivity index (χ0n) is 14.5. The summed E-state index contributed by atoms with van der Waals surface area (Å²) in [5.41, 5.74) is 6.66. The van der Waals surface area contributed by atoms with Crippen LogP contribution in [0.2, 0.25) is 0 Å². The maximum absolute atomic E-state index is 10.9. The molecular weight excluding hydrogens is 310 g/mol. The Bertz CT molecular complexity index is 758. The summed E-state index contributed by atoms with van der Waals surface area (Å²) in [6.45, 7) is 1.04. The molecular formula is C22H25NO2. The molecule has 2 aliphatic rings. The number of carboxylic acids is 1. The first-order chi connectivity index (χ1) is 12.2. The van der Waals surface area contributed by atoms with E-state index in [9.17, 15) is 4.79 Å². The number of anilines is 1. The minimum absolute atomic E-state index is 0.332. The molecule has 0 unspecified atom stereocenters. The van der Waals surface area contributed by atoms with Crippen molar-refractivity contribution in [2.45, 2.75) is 44.4 Å². The van der Waals surface area contributed by atoms with E-state index in [4.69, 9.17) is 5.11 Å². The average Bonchev–Trinajstić information content (AvgIpc) is 3.10. The van der Waals surface area contributed by atoms with Gasteiger partial charge in [0.1, 0.15) is 0 Å². The minimum atomic E-state index is -0.655.